The van der Waals surface area contributed by atoms with Gasteiger partial charge in [-0.2, -0.15) is 0 Å². The Morgan fingerprint density at radius 3 is 2.65 bits per heavy atom. The van der Waals surface area contributed by atoms with Crippen molar-refractivity contribution in [1.82, 2.24) is 0 Å². The fourth-order valence-corrected chi connectivity index (χ4v) is 2.56. The lowest BCUT2D eigenvalue weighted by Gasteiger charge is -2.12. The predicted octanol–water partition coefficient (Wildman–Crippen LogP) is 2.41. The van der Waals surface area contributed by atoms with Crippen molar-refractivity contribution < 1.29 is 12.8 Å². The van der Waals surface area contributed by atoms with E-state index in [1.54, 1.807) is 12.1 Å². The molecule has 17 heavy (non-hydrogen) atoms. The van der Waals surface area contributed by atoms with Crippen LogP contribution in [0.4, 0.5) is 4.39 Å². The van der Waals surface area contributed by atoms with E-state index in [0.29, 0.717) is 17.3 Å². The van der Waals surface area contributed by atoms with Crippen LogP contribution in [0.3, 0.4) is 0 Å². The molecule has 0 radical (unpaired) electrons. The molecule has 0 aliphatic heterocycles. The van der Waals surface area contributed by atoms with Crippen LogP contribution in [0, 0.1) is 5.82 Å². The number of hydrogen-bond donors (Lipinski definition) is 1. The second-order valence-electron chi connectivity index (χ2n) is 4.05. The van der Waals surface area contributed by atoms with Crippen LogP contribution in [0.5, 0.6) is 0 Å². The topological polar surface area (TPSA) is 60.2 Å². The van der Waals surface area contributed by atoms with Gasteiger partial charge in [-0.3, -0.25) is 0 Å². The van der Waals surface area contributed by atoms with Gasteiger partial charge in [-0.15, -0.1) is 0 Å². The molecule has 6 heteroatoms. The van der Waals surface area contributed by atoms with E-state index in [4.69, 9.17) is 5.73 Å². The number of sulfone groups is 1. The third kappa shape index (κ3) is 5.14. The minimum absolute atomic E-state index is 0.128. The van der Waals surface area contributed by atoms with E-state index in [9.17, 15) is 12.8 Å². The van der Waals surface area contributed by atoms with Gasteiger partial charge in [-0.05, 0) is 46.5 Å². The highest BCUT2D eigenvalue weighted by Gasteiger charge is 2.10. The van der Waals surface area contributed by atoms with Crippen molar-refractivity contribution in [2.24, 2.45) is 5.73 Å². The molecule has 0 saturated heterocycles. The quantitative estimate of drug-likeness (QED) is 0.905. The molecule has 2 N–H and O–H groups in total. The number of rotatable bonds is 5. The van der Waals surface area contributed by atoms with Gasteiger partial charge in [0.25, 0.3) is 0 Å². The average molecular weight is 324 g/mol. The molecule has 1 atom stereocenters. The Labute approximate surface area is 109 Å². The van der Waals surface area contributed by atoms with Gasteiger partial charge >= 0.3 is 0 Å². The molecule has 0 spiro atoms. The number of hydrogen-bond acceptors (Lipinski definition) is 3. The zero-order valence-corrected chi connectivity index (χ0v) is 11.9. The maximum Gasteiger partial charge on any atom is 0.147 e. The van der Waals surface area contributed by atoms with E-state index in [2.05, 4.69) is 15.9 Å². The highest BCUT2D eigenvalue weighted by atomic mass is 79.9. The molecule has 0 saturated carbocycles. The van der Waals surface area contributed by atoms with Crippen LogP contribution in [-0.2, 0) is 9.84 Å². The molecule has 0 fully saturated rings. The first kappa shape index (κ1) is 14.6. The SMILES string of the molecule is CS(=O)(=O)CCCC(N)c1ccc(F)c(Br)c1. The summed E-state index contributed by atoms with van der Waals surface area (Å²) in [6.45, 7) is 0. The third-order valence-corrected chi connectivity index (χ3v) is 4.04. The van der Waals surface area contributed by atoms with Crippen LogP contribution in [0.25, 0.3) is 0 Å². The van der Waals surface area contributed by atoms with Gasteiger partial charge in [0.15, 0.2) is 0 Å². The molecule has 1 aromatic carbocycles. The Balaban J connectivity index is 2.58. The summed E-state index contributed by atoms with van der Waals surface area (Å²) >= 11 is 3.09. The fourth-order valence-electron chi connectivity index (χ4n) is 1.48. The second kappa shape index (κ2) is 5.93. The number of halogens is 2. The molecule has 0 amide bonds. The molecule has 96 valence electrons. The van der Waals surface area contributed by atoms with Gasteiger partial charge in [0.05, 0.1) is 4.47 Å². The van der Waals surface area contributed by atoms with E-state index in [-0.39, 0.29) is 17.6 Å². The highest BCUT2D eigenvalue weighted by Crippen LogP contribution is 2.22. The molecule has 1 rings (SSSR count). The van der Waals surface area contributed by atoms with Crippen molar-refractivity contribution in [2.75, 3.05) is 12.0 Å². The van der Waals surface area contributed by atoms with Crippen LogP contribution >= 0.6 is 15.9 Å². The lowest BCUT2D eigenvalue weighted by atomic mass is 10.0. The Morgan fingerprint density at radius 2 is 2.12 bits per heavy atom. The van der Waals surface area contributed by atoms with Crippen molar-refractivity contribution in [3.8, 4) is 0 Å². The molecule has 0 aliphatic rings. The van der Waals surface area contributed by atoms with Gasteiger partial charge in [0.2, 0.25) is 0 Å². The summed E-state index contributed by atoms with van der Waals surface area (Å²) in [6, 6.07) is 4.32. The number of nitrogens with two attached hydrogens (primary N) is 1. The summed E-state index contributed by atoms with van der Waals surface area (Å²) in [7, 11) is -2.94. The van der Waals surface area contributed by atoms with E-state index in [1.165, 1.54) is 12.3 Å². The molecule has 3 nitrogen and oxygen atoms in total. The molecule has 0 bridgehead atoms. The van der Waals surface area contributed by atoms with E-state index in [0.717, 1.165) is 5.56 Å². The normalized spacial score (nSPS) is 13.6. The van der Waals surface area contributed by atoms with E-state index < -0.39 is 9.84 Å². The summed E-state index contributed by atoms with van der Waals surface area (Å²) in [5.41, 5.74) is 6.70. The average Bonchev–Trinajstić information content (AvgIpc) is 2.20. The maximum absolute atomic E-state index is 13.0. The van der Waals surface area contributed by atoms with Gasteiger partial charge in [0.1, 0.15) is 15.7 Å². The third-order valence-electron chi connectivity index (χ3n) is 2.40. The Hall–Kier alpha value is -0.460. The molecule has 0 aliphatic carbocycles. The zero-order valence-electron chi connectivity index (χ0n) is 9.49. The smallest absolute Gasteiger partial charge is 0.147 e. The van der Waals surface area contributed by atoms with Crippen molar-refractivity contribution in [3.05, 3.63) is 34.1 Å². The lowest BCUT2D eigenvalue weighted by Crippen LogP contribution is -2.13. The van der Waals surface area contributed by atoms with Gasteiger partial charge in [0, 0.05) is 18.1 Å². The van der Waals surface area contributed by atoms with Gasteiger partial charge in [-0.1, -0.05) is 6.07 Å². The minimum Gasteiger partial charge on any atom is -0.324 e. The Bertz CT molecular complexity index is 490. The highest BCUT2D eigenvalue weighted by molar-refractivity contribution is 9.10. The van der Waals surface area contributed by atoms with Gasteiger partial charge in [-0.25, -0.2) is 12.8 Å². The summed E-state index contributed by atoms with van der Waals surface area (Å²) in [5.74, 6) is -0.208. The Morgan fingerprint density at radius 1 is 1.47 bits per heavy atom. The molecule has 1 aromatic rings. The van der Waals surface area contributed by atoms with Crippen molar-refractivity contribution in [2.45, 2.75) is 18.9 Å². The van der Waals surface area contributed by atoms with Crippen LogP contribution in [0.15, 0.2) is 22.7 Å². The van der Waals surface area contributed by atoms with Crippen LogP contribution in [-0.4, -0.2) is 20.4 Å². The fraction of sp³-hybridized carbons (Fsp3) is 0.455. The maximum atomic E-state index is 13.0. The molecule has 1 unspecified atom stereocenters. The summed E-state index contributed by atoms with van der Waals surface area (Å²) in [4.78, 5) is 0. The van der Waals surface area contributed by atoms with Crippen molar-refractivity contribution in [1.29, 1.82) is 0 Å². The molecule has 0 aromatic heterocycles. The molecule has 0 heterocycles. The predicted molar refractivity (Wildman–Crippen MR) is 70.0 cm³/mol. The first-order valence-electron chi connectivity index (χ1n) is 5.18. The first-order chi connectivity index (χ1) is 7.79. The van der Waals surface area contributed by atoms with Crippen LogP contribution in [0.2, 0.25) is 0 Å². The standard InChI is InChI=1S/C11H15BrFNO2S/c1-17(15,16)6-2-3-11(14)8-4-5-10(13)9(12)7-8/h4-5,7,11H,2-3,6,14H2,1H3. The first-order valence-corrected chi connectivity index (χ1v) is 8.03. The zero-order chi connectivity index (χ0) is 13.1. The number of benzene rings is 1. The molecular weight excluding hydrogens is 309 g/mol. The van der Waals surface area contributed by atoms with E-state index >= 15 is 0 Å². The monoisotopic (exact) mass is 323 g/mol. The largest absolute Gasteiger partial charge is 0.324 e. The summed E-state index contributed by atoms with van der Waals surface area (Å²) in [6.07, 6.45) is 2.27. The van der Waals surface area contributed by atoms with E-state index in [1.807, 2.05) is 0 Å². The van der Waals surface area contributed by atoms with Crippen molar-refractivity contribution in [3.63, 3.8) is 0 Å². The lowest BCUT2D eigenvalue weighted by molar-refractivity contribution is 0.586. The molecular formula is C11H15BrFNO2S. The van der Waals surface area contributed by atoms with Crippen LogP contribution < -0.4 is 5.73 Å². The van der Waals surface area contributed by atoms with Crippen LogP contribution in [0.1, 0.15) is 24.4 Å². The summed E-state index contributed by atoms with van der Waals surface area (Å²) < 4.78 is 35.3. The minimum atomic E-state index is -2.94. The Kier molecular flexibility index (Phi) is 5.09. The summed E-state index contributed by atoms with van der Waals surface area (Å²) in [5, 5.41) is 0. The van der Waals surface area contributed by atoms with Gasteiger partial charge < -0.3 is 5.73 Å². The second-order valence-corrected chi connectivity index (χ2v) is 7.17. The van der Waals surface area contributed by atoms with Crippen molar-refractivity contribution >= 4 is 25.8 Å².